The molecule has 0 atom stereocenters. The Balaban J connectivity index is 4.78. The van der Waals surface area contributed by atoms with Crippen LogP contribution in [-0.2, 0) is 0 Å². The summed E-state index contributed by atoms with van der Waals surface area (Å²) in [6, 6.07) is 0. The number of alkyl halides is 3. The van der Waals surface area contributed by atoms with Gasteiger partial charge in [-0.3, -0.25) is 0 Å². The maximum atomic E-state index is 6.36. The molecule has 0 aliphatic carbocycles. The normalized spacial score (nSPS) is 14.0. The Kier molecular flexibility index (Phi) is 9.95. The summed E-state index contributed by atoms with van der Waals surface area (Å²) in [6.07, 6.45) is 10.8. The Hall–Kier alpha value is 1.30. The fourth-order valence-corrected chi connectivity index (χ4v) is 9.59. The van der Waals surface area contributed by atoms with Crippen molar-refractivity contribution in [3.63, 3.8) is 0 Å². The Labute approximate surface area is 123 Å². The Bertz CT molecular complexity index is 168. The first-order chi connectivity index (χ1) is 7.93. The third-order valence-electron chi connectivity index (χ3n) is 3.63. The van der Waals surface area contributed by atoms with Gasteiger partial charge in [-0.15, -0.1) is 0 Å². The predicted octanol–water partition coefficient (Wildman–Crippen LogP) is 6.46. The summed E-state index contributed by atoms with van der Waals surface area (Å²) in [6.45, 7) is 6.66. The standard InChI is InChI=1S/C13H28Cl3P/c1-4-7-10-17(11-8-5-2,12-9-6-3)13(14,15)16/h17H,4-12H2,1-3H3. The van der Waals surface area contributed by atoms with Gasteiger partial charge in [0.15, 0.2) is 0 Å². The molecule has 106 valence electrons. The average Bonchev–Trinajstić information content (AvgIpc) is 2.27. The van der Waals surface area contributed by atoms with Crippen LogP contribution in [0.3, 0.4) is 0 Å². The Morgan fingerprint density at radius 2 is 1.00 bits per heavy atom. The van der Waals surface area contributed by atoms with Crippen LogP contribution in [0.15, 0.2) is 0 Å². The van der Waals surface area contributed by atoms with Gasteiger partial charge in [-0.1, -0.05) is 0 Å². The molecular weight excluding hydrogens is 293 g/mol. The fourth-order valence-electron chi connectivity index (χ4n) is 2.35. The quantitative estimate of drug-likeness (QED) is 0.337. The molecule has 0 aromatic carbocycles. The van der Waals surface area contributed by atoms with Crippen LogP contribution in [0, 0.1) is 0 Å². The molecule has 0 bridgehead atoms. The predicted molar refractivity (Wildman–Crippen MR) is 87.9 cm³/mol. The van der Waals surface area contributed by atoms with Crippen molar-refractivity contribution in [2.75, 3.05) is 18.5 Å². The van der Waals surface area contributed by atoms with Crippen molar-refractivity contribution >= 4 is 42.1 Å². The maximum absolute atomic E-state index is 6.36. The molecule has 4 heteroatoms. The van der Waals surface area contributed by atoms with Gasteiger partial charge in [0, 0.05) is 0 Å². The first-order valence-electron chi connectivity index (χ1n) is 7.00. The van der Waals surface area contributed by atoms with E-state index in [1.165, 1.54) is 57.0 Å². The topological polar surface area (TPSA) is 0 Å². The van der Waals surface area contributed by atoms with Crippen LogP contribution in [-0.4, -0.2) is 22.0 Å². The van der Waals surface area contributed by atoms with Gasteiger partial charge < -0.3 is 0 Å². The number of hydrogen-bond acceptors (Lipinski definition) is 0. The van der Waals surface area contributed by atoms with E-state index >= 15 is 0 Å². The van der Waals surface area contributed by atoms with E-state index in [0.717, 1.165) is 0 Å². The van der Waals surface area contributed by atoms with E-state index in [0.29, 0.717) is 0 Å². The summed E-state index contributed by atoms with van der Waals surface area (Å²) in [5.41, 5.74) is 0. The van der Waals surface area contributed by atoms with Crippen molar-refractivity contribution in [1.82, 2.24) is 0 Å². The van der Waals surface area contributed by atoms with Gasteiger partial charge in [0.1, 0.15) is 0 Å². The molecule has 17 heavy (non-hydrogen) atoms. The van der Waals surface area contributed by atoms with Gasteiger partial charge in [0.05, 0.1) is 0 Å². The van der Waals surface area contributed by atoms with E-state index in [2.05, 4.69) is 20.8 Å². The molecule has 0 aromatic heterocycles. The molecule has 0 aliphatic heterocycles. The molecule has 0 nitrogen and oxygen atoms in total. The van der Waals surface area contributed by atoms with Crippen molar-refractivity contribution in [3.8, 4) is 0 Å². The summed E-state index contributed by atoms with van der Waals surface area (Å²) in [7, 11) is -1.76. The van der Waals surface area contributed by atoms with Crippen LogP contribution >= 0.6 is 42.1 Å². The zero-order chi connectivity index (χ0) is 13.4. The molecule has 0 fully saturated rings. The molecule has 0 aromatic rings. The molecule has 0 N–H and O–H groups in total. The molecule has 0 radical (unpaired) electrons. The first-order valence-corrected chi connectivity index (χ1v) is 10.8. The average molecular weight is 322 g/mol. The second-order valence-electron chi connectivity index (χ2n) is 5.09. The molecule has 0 spiro atoms. The minimum atomic E-state index is -1.76. The second-order valence-corrected chi connectivity index (χ2v) is 13.1. The van der Waals surface area contributed by atoms with Crippen molar-refractivity contribution in [1.29, 1.82) is 0 Å². The SMILES string of the molecule is CCCC[PH](CCCC)(CCCC)C(Cl)(Cl)Cl. The fraction of sp³-hybridized carbons (Fsp3) is 1.00. The van der Waals surface area contributed by atoms with Crippen molar-refractivity contribution in [2.24, 2.45) is 0 Å². The van der Waals surface area contributed by atoms with Crippen molar-refractivity contribution < 1.29 is 0 Å². The van der Waals surface area contributed by atoms with E-state index in [-0.39, 0.29) is 0 Å². The number of halogens is 3. The van der Waals surface area contributed by atoms with Crippen LogP contribution in [0.1, 0.15) is 59.3 Å². The van der Waals surface area contributed by atoms with E-state index in [1.54, 1.807) is 0 Å². The van der Waals surface area contributed by atoms with Crippen LogP contribution < -0.4 is 0 Å². The molecule has 0 saturated carbocycles. The summed E-state index contributed by atoms with van der Waals surface area (Å²) >= 11 is 19.1. The third kappa shape index (κ3) is 6.33. The molecule has 0 rings (SSSR count). The van der Waals surface area contributed by atoms with Crippen LogP contribution in [0.25, 0.3) is 0 Å². The monoisotopic (exact) mass is 320 g/mol. The van der Waals surface area contributed by atoms with Crippen LogP contribution in [0.4, 0.5) is 0 Å². The Morgan fingerprint density at radius 3 is 1.18 bits per heavy atom. The van der Waals surface area contributed by atoms with Gasteiger partial charge in [-0.2, -0.15) is 0 Å². The third-order valence-corrected chi connectivity index (χ3v) is 12.4. The van der Waals surface area contributed by atoms with E-state index in [1.807, 2.05) is 0 Å². The van der Waals surface area contributed by atoms with Gasteiger partial charge in [0.25, 0.3) is 0 Å². The number of hydrogen-bond donors (Lipinski definition) is 0. The molecule has 0 aliphatic rings. The molecule has 0 saturated heterocycles. The summed E-state index contributed by atoms with van der Waals surface area (Å²) in [5, 5.41) is 0. The molecule has 0 unspecified atom stereocenters. The summed E-state index contributed by atoms with van der Waals surface area (Å²) in [5.74, 6) is 0. The first kappa shape index (κ1) is 18.3. The van der Waals surface area contributed by atoms with E-state index < -0.39 is 10.8 Å². The molecule has 0 amide bonds. The van der Waals surface area contributed by atoms with Crippen molar-refractivity contribution in [2.45, 2.75) is 62.8 Å². The van der Waals surface area contributed by atoms with Gasteiger partial charge >= 0.3 is 123 Å². The number of rotatable bonds is 9. The van der Waals surface area contributed by atoms with Crippen LogP contribution in [0.2, 0.25) is 0 Å². The molecular formula is C13H28Cl3P. The second kappa shape index (κ2) is 9.24. The minimum absolute atomic E-state index is 0.980. The van der Waals surface area contributed by atoms with Crippen LogP contribution in [0.5, 0.6) is 0 Å². The molecule has 0 heterocycles. The van der Waals surface area contributed by atoms with Gasteiger partial charge in [-0.05, 0) is 0 Å². The summed E-state index contributed by atoms with van der Waals surface area (Å²) < 4.78 is -0.980. The van der Waals surface area contributed by atoms with Gasteiger partial charge in [-0.25, -0.2) is 0 Å². The number of unbranched alkanes of at least 4 members (excludes halogenated alkanes) is 3. The Morgan fingerprint density at radius 1 is 0.706 bits per heavy atom. The summed E-state index contributed by atoms with van der Waals surface area (Å²) in [4.78, 5) is 0. The zero-order valence-corrected chi connectivity index (χ0v) is 14.8. The zero-order valence-electron chi connectivity index (χ0n) is 11.5. The van der Waals surface area contributed by atoms with E-state index in [9.17, 15) is 0 Å². The van der Waals surface area contributed by atoms with Gasteiger partial charge in [0.2, 0.25) is 0 Å². The van der Waals surface area contributed by atoms with E-state index in [4.69, 9.17) is 34.8 Å². The van der Waals surface area contributed by atoms with Crippen molar-refractivity contribution in [3.05, 3.63) is 0 Å².